The maximum Gasteiger partial charge on any atom is 0.282 e. The molecule has 1 aromatic rings. The number of hydrogen-bond donors (Lipinski definition) is 2. The lowest BCUT2D eigenvalue weighted by molar-refractivity contribution is -0.385. The molecule has 9 heteroatoms. The van der Waals surface area contributed by atoms with E-state index in [2.05, 4.69) is 0 Å². The number of nitro groups is 1. The summed E-state index contributed by atoms with van der Waals surface area (Å²) >= 11 is 0. The zero-order valence-corrected chi connectivity index (χ0v) is 10.6. The van der Waals surface area contributed by atoms with Crippen LogP contribution in [0.2, 0.25) is 0 Å². The smallest absolute Gasteiger partial charge is 0.282 e. The third kappa shape index (κ3) is 3.85. The molecule has 0 saturated carbocycles. The molecule has 0 unspecified atom stereocenters. The van der Waals surface area contributed by atoms with Crippen LogP contribution in [0.4, 0.5) is 14.5 Å². The molecular weight excluding hydrogens is 276 g/mol. The fraction of sp³-hybridized carbons (Fsp3) is 0.364. The first-order valence-corrected chi connectivity index (χ1v) is 5.49. The van der Waals surface area contributed by atoms with Crippen LogP contribution in [0.25, 0.3) is 0 Å². The molecule has 0 atom stereocenters. The summed E-state index contributed by atoms with van der Waals surface area (Å²) < 4.78 is 30.7. The van der Waals surface area contributed by atoms with Crippen molar-refractivity contribution in [3.05, 3.63) is 33.9 Å². The quantitative estimate of drug-likeness (QED) is 0.598. The Bertz CT molecular complexity index is 522. The first-order chi connectivity index (χ1) is 9.30. The second-order valence-corrected chi connectivity index (χ2v) is 3.88. The fourth-order valence-corrected chi connectivity index (χ4v) is 1.36. The number of nitro benzene ring substituents is 1. The highest BCUT2D eigenvalue weighted by Crippen LogP contribution is 2.24. The van der Waals surface area contributed by atoms with Crippen LogP contribution in [0.5, 0.6) is 5.75 Å². The standard InChI is InChI=1S/C11H13F2N3O4/c1-20-7-2-3-9(16(18)19)8(4-7)10(17)15-6-11(12,13)5-14/h2-4H,5-6,14H2,1H3,(H,15,17). The molecule has 1 amide bonds. The van der Waals surface area contributed by atoms with Gasteiger partial charge >= 0.3 is 0 Å². The Morgan fingerprint density at radius 2 is 2.20 bits per heavy atom. The van der Waals surface area contributed by atoms with Crippen molar-refractivity contribution in [1.29, 1.82) is 0 Å². The van der Waals surface area contributed by atoms with E-state index in [1.807, 2.05) is 5.32 Å². The van der Waals surface area contributed by atoms with Crippen molar-refractivity contribution >= 4 is 11.6 Å². The van der Waals surface area contributed by atoms with Crippen molar-refractivity contribution in [2.24, 2.45) is 5.73 Å². The third-order valence-electron chi connectivity index (χ3n) is 2.45. The summed E-state index contributed by atoms with van der Waals surface area (Å²) in [5.41, 5.74) is 3.97. The van der Waals surface area contributed by atoms with E-state index in [-0.39, 0.29) is 11.3 Å². The molecule has 1 aromatic carbocycles. The molecule has 0 fully saturated rings. The van der Waals surface area contributed by atoms with Crippen LogP contribution in [0, 0.1) is 10.1 Å². The molecule has 0 radical (unpaired) electrons. The van der Waals surface area contributed by atoms with Crippen LogP contribution in [0.1, 0.15) is 10.4 Å². The van der Waals surface area contributed by atoms with Gasteiger partial charge in [0.05, 0.1) is 25.1 Å². The van der Waals surface area contributed by atoms with Gasteiger partial charge in [-0.05, 0) is 12.1 Å². The lowest BCUT2D eigenvalue weighted by atomic mass is 10.1. The van der Waals surface area contributed by atoms with Crippen molar-refractivity contribution in [2.45, 2.75) is 5.92 Å². The van der Waals surface area contributed by atoms with E-state index in [4.69, 9.17) is 10.5 Å². The summed E-state index contributed by atoms with van der Waals surface area (Å²) in [6.45, 7) is -1.94. The highest BCUT2D eigenvalue weighted by Gasteiger charge is 2.29. The number of hydrogen-bond acceptors (Lipinski definition) is 5. The highest BCUT2D eigenvalue weighted by molar-refractivity contribution is 5.98. The van der Waals surface area contributed by atoms with Gasteiger partial charge in [-0.25, -0.2) is 8.78 Å². The molecule has 0 bridgehead atoms. The van der Waals surface area contributed by atoms with Crippen molar-refractivity contribution < 1.29 is 23.2 Å². The summed E-state index contributed by atoms with van der Waals surface area (Å²) in [4.78, 5) is 21.8. The number of carbonyl (C=O) groups is 1. The van der Waals surface area contributed by atoms with E-state index in [9.17, 15) is 23.7 Å². The maximum absolute atomic E-state index is 12.9. The number of nitrogens with zero attached hydrogens (tertiary/aromatic N) is 1. The first-order valence-electron chi connectivity index (χ1n) is 5.49. The fourth-order valence-electron chi connectivity index (χ4n) is 1.36. The molecule has 1 rings (SSSR count). The Labute approximate surface area is 112 Å². The Morgan fingerprint density at radius 1 is 1.55 bits per heavy atom. The molecule has 20 heavy (non-hydrogen) atoms. The second kappa shape index (κ2) is 6.24. The van der Waals surface area contributed by atoms with Gasteiger partial charge in [0.25, 0.3) is 17.5 Å². The van der Waals surface area contributed by atoms with E-state index in [1.165, 1.54) is 13.2 Å². The minimum absolute atomic E-state index is 0.200. The molecule has 0 aliphatic heterocycles. The van der Waals surface area contributed by atoms with Crippen LogP contribution in [-0.2, 0) is 0 Å². The number of carbonyl (C=O) groups excluding carboxylic acids is 1. The molecule has 0 aliphatic rings. The number of methoxy groups -OCH3 is 1. The van der Waals surface area contributed by atoms with Gasteiger partial charge in [-0.2, -0.15) is 0 Å². The highest BCUT2D eigenvalue weighted by atomic mass is 19.3. The van der Waals surface area contributed by atoms with Crippen molar-refractivity contribution in [1.82, 2.24) is 5.32 Å². The molecule has 0 heterocycles. The van der Waals surface area contributed by atoms with Crippen molar-refractivity contribution in [2.75, 3.05) is 20.2 Å². The molecule has 110 valence electrons. The number of alkyl halides is 2. The molecule has 0 aromatic heterocycles. The Morgan fingerprint density at radius 3 is 2.70 bits per heavy atom. The number of nitrogens with one attached hydrogen (secondary N) is 1. The summed E-state index contributed by atoms with van der Waals surface area (Å²) in [5.74, 6) is -4.07. The average molecular weight is 289 g/mol. The lowest BCUT2D eigenvalue weighted by Crippen LogP contribution is -2.41. The maximum atomic E-state index is 12.9. The van der Waals surface area contributed by atoms with Crippen LogP contribution in [-0.4, -0.2) is 37.0 Å². The minimum atomic E-state index is -3.27. The van der Waals surface area contributed by atoms with Gasteiger partial charge < -0.3 is 15.8 Å². The van der Waals surface area contributed by atoms with Crippen LogP contribution >= 0.6 is 0 Å². The number of amides is 1. The number of nitrogens with two attached hydrogens (primary N) is 1. The van der Waals surface area contributed by atoms with Crippen LogP contribution in [0.3, 0.4) is 0 Å². The summed E-state index contributed by atoms with van der Waals surface area (Å²) in [5, 5.41) is 12.7. The number of rotatable bonds is 6. The van der Waals surface area contributed by atoms with Crippen LogP contribution in [0.15, 0.2) is 18.2 Å². The predicted octanol–water partition coefficient (Wildman–Crippen LogP) is 0.927. The Balaban J connectivity index is 2.98. The normalized spacial score (nSPS) is 11.0. The second-order valence-electron chi connectivity index (χ2n) is 3.88. The lowest BCUT2D eigenvalue weighted by Gasteiger charge is -2.14. The molecule has 0 spiro atoms. The largest absolute Gasteiger partial charge is 0.497 e. The number of benzene rings is 1. The zero-order valence-electron chi connectivity index (χ0n) is 10.6. The van der Waals surface area contributed by atoms with Gasteiger partial charge in [-0.3, -0.25) is 14.9 Å². The summed E-state index contributed by atoms with van der Waals surface area (Å²) in [7, 11) is 1.31. The van der Waals surface area contributed by atoms with Gasteiger partial charge in [0, 0.05) is 6.07 Å². The number of halogens is 2. The first kappa shape index (κ1) is 15.8. The Hall–Kier alpha value is -2.29. The van der Waals surface area contributed by atoms with Gasteiger partial charge in [0.1, 0.15) is 11.3 Å². The van der Waals surface area contributed by atoms with Crippen molar-refractivity contribution in [3.63, 3.8) is 0 Å². The molecular formula is C11H13F2N3O4. The number of ether oxygens (including phenoxy) is 1. The van der Waals surface area contributed by atoms with Crippen LogP contribution < -0.4 is 15.8 Å². The van der Waals surface area contributed by atoms with E-state index >= 15 is 0 Å². The molecule has 3 N–H and O–H groups in total. The zero-order chi connectivity index (χ0) is 15.3. The Kier molecular flexibility index (Phi) is 4.92. The third-order valence-corrected chi connectivity index (χ3v) is 2.45. The minimum Gasteiger partial charge on any atom is -0.497 e. The average Bonchev–Trinajstić information content (AvgIpc) is 2.44. The van der Waals surface area contributed by atoms with E-state index < -0.39 is 35.5 Å². The van der Waals surface area contributed by atoms with Gasteiger partial charge in [-0.1, -0.05) is 0 Å². The van der Waals surface area contributed by atoms with Gasteiger partial charge in [0.2, 0.25) is 0 Å². The predicted molar refractivity (Wildman–Crippen MR) is 66.0 cm³/mol. The SMILES string of the molecule is COc1ccc([N+](=O)[O-])c(C(=O)NCC(F)(F)CN)c1. The van der Waals surface area contributed by atoms with Gasteiger partial charge in [-0.15, -0.1) is 0 Å². The van der Waals surface area contributed by atoms with Gasteiger partial charge in [0.15, 0.2) is 0 Å². The molecule has 0 aliphatic carbocycles. The molecule has 7 nitrogen and oxygen atoms in total. The summed E-state index contributed by atoms with van der Waals surface area (Å²) in [6.07, 6.45) is 0. The van der Waals surface area contributed by atoms with E-state index in [0.29, 0.717) is 0 Å². The monoisotopic (exact) mass is 289 g/mol. The van der Waals surface area contributed by atoms with E-state index in [0.717, 1.165) is 12.1 Å². The summed E-state index contributed by atoms with van der Waals surface area (Å²) in [6, 6.07) is 3.46. The van der Waals surface area contributed by atoms with E-state index in [1.54, 1.807) is 0 Å². The molecule has 0 saturated heterocycles. The topological polar surface area (TPSA) is 107 Å². The van der Waals surface area contributed by atoms with Crippen molar-refractivity contribution in [3.8, 4) is 5.75 Å².